The van der Waals surface area contributed by atoms with Crippen LogP contribution in [0.4, 0.5) is 0 Å². The van der Waals surface area contributed by atoms with Gasteiger partial charge >= 0.3 is 0 Å². The van der Waals surface area contributed by atoms with Crippen LogP contribution < -0.4 is 5.73 Å². The summed E-state index contributed by atoms with van der Waals surface area (Å²) in [5.74, 6) is 0.657. The van der Waals surface area contributed by atoms with E-state index in [1.54, 1.807) is 17.6 Å². The van der Waals surface area contributed by atoms with E-state index in [2.05, 4.69) is 18.0 Å². The topological polar surface area (TPSA) is 52.0 Å². The number of hydrogen-bond donors (Lipinski definition) is 1. The van der Waals surface area contributed by atoms with Gasteiger partial charge in [-0.05, 0) is 13.0 Å². The third-order valence-electron chi connectivity index (χ3n) is 1.74. The summed E-state index contributed by atoms with van der Waals surface area (Å²) in [6.07, 6.45) is 1.60. The minimum Gasteiger partial charge on any atom is -0.444 e. The maximum absolute atomic E-state index is 5.43. The quantitative estimate of drug-likeness (QED) is 0.797. The van der Waals surface area contributed by atoms with Crippen molar-refractivity contribution in [1.29, 1.82) is 0 Å². The smallest absolute Gasteiger partial charge is 0.227 e. The van der Waals surface area contributed by atoms with Gasteiger partial charge in [0, 0.05) is 22.4 Å². The zero-order chi connectivity index (χ0) is 9.26. The van der Waals surface area contributed by atoms with Crippen LogP contribution in [0.1, 0.15) is 10.6 Å². The molecule has 68 valence electrons. The summed E-state index contributed by atoms with van der Waals surface area (Å²) in [7, 11) is 0. The molecule has 0 aromatic carbocycles. The van der Waals surface area contributed by atoms with Crippen LogP contribution in [0.5, 0.6) is 0 Å². The molecule has 0 aliphatic heterocycles. The van der Waals surface area contributed by atoms with Crippen LogP contribution in [0.2, 0.25) is 0 Å². The number of nitrogens with zero attached hydrogens (tertiary/aromatic N) is 1. The average molecular weight is 194 g/mol. The molecule has 0 spiro atoms. The predicted octanol–water partition coefficient (Wildman–Crippen LogP) is 2.17. The van der Waals surface area contributed by atoms with Crippen LogP contribution in [0.15, 0.2) is 22.1 Å². The number of thiophene rings is 1. The van der Waals surface area contributed by atoms with Crippen LogP contribution in [0.25, 0.3) is 11.5 Å². The second-order valence-corrected chi connectivity index (χ2v) is 3.91. The Balaban J connectivity index is 2.35. The molecule has 0 aliphatic carbocycles. The molecule has 4 heteroatoms. The van der Waals surface area contributed by atoms with Gasteiger partial charge in [0.05, 0.1) is 5.69 Å². The van der Waals surface area contributed by atoms with Crippen molar-refractivity contribution < 1.29 is 4.42 Å². The third kappa shape index (κ3) is 1.64. The van der Waals surface area contributed by atoms with Crippen molar-refractivity contribution >= 4 is 11.3 Å². The van der Waals surface area contributed by atoms with Gasteiger partial charge in [-0.15, -0.1) is 11.3 Å². The Morgan fingerprint density at radius 1 is 1.62 bits per heavy atom. The summed E-state index contributed by atoms with van der Waals surface area (Å²) in [5, 5.41) is 2.03. The van der Waals surface area contributed by atoms with Crippen LogP contribution in [0, 0.1) is 6.92 Å². The van der Waals surface area contributed by atoms with Crippen molar-refractivity contribution in [2.75, 3.05) is 0 Å². The van der Waals surface area contributed by atoms with Gasteiger partial charge in [0.15, 0.2) is 0 Å². The first-order valence-corrected chi connectivity index (χ1v) is 4.87. The SMILES string of the molecule is Cc1cc(-c2nc(CN)co2)cs1. The fourth-order valence-corrected chi connectivity index (χ4v) is 1.77. The Morgan fingerprint density at radius 3 is 3.00 bits per heavy atom. The highest BCUT2D eigenvalue weighted by Crippen LogP contribution is 2.24. The van der Waals surface area contributed by atoms with E-state index < -0.39 is 0 Å². The summed E-state index contributed by atoms with van der Waals surface area (Å²) in [6, 6.07) is 2.05. The lowest BCUT2D eigenvalue weighted by atomic mass is 10.3. The van der Waals surface area contributed by atoms with Crippen molar-refractivity contribution in [2.24, 2.45) is 5.73 Å². The van der Waals surface area contributed by atoms with Gasteiger partial charge in [-0.1, -0.05) is 0 Å². The normalized spacial score (nSPS) is 10.6. The Labute approximate surface area is 80.2 Å². The molecule has 0 aliphatic rings. The Bertz CT molecular complexity index is 405. The first kappa shape index (κ1) is 8.47. The molecule has 13 heavy (non-hydrogen) atoms. The zero-order valence-electron chi connectivity index (χ0n) is 7.28. The molecule has 2 N–H and O–H groups in total. The van der Waals surface area contributed by atoms with E-state index in [0.717, 1.165) is 11.3 Å². The number of oxazole rings is 1. The maximum Gasteiger partial charge on any atom is 0.227 e. The number of hydrogen-bond acceptors (Lipinski definition) is 4. The third-order valence-corrected chi connectivity index (χ3v) is 2.60. The van der Waals surface area contributed by atoms with E-state index in [0.29, 0.717) is 12.4 Å². The average Bonchev–Trinajstić information content (AvgIpc) is 2.71. The Kier molecular flexibility index (Phi) is 2.16. The monoisotopic (exact) mass is 194 g/mol. The fourth-order valence-electron chi connectivity index (χ4n) is 1.09. The molecule has 0 fully saturated rings. The maximum atomic E-state index is 5.43. The summed E-state index contributed by atoms with van der Waals surface area (Å²) in [5.41, 5.74) is 7.25. The van der Waals surface area contributed by atoms with Gasteiger partial charge in [0.2, 0.25) is 5.89 Å². The standard InChI is InChI=1S/C9H10N2OS/c1-6-2-7(5-13-6)9-11-8(3-10)4-12-9/h2,4-5H,3,10H2,1H3. The second-order valence-electron chi connectivity index (χ2n) is 2.79. The minimum atomic E-state index is 0.423. The van der Waals surface area contributed by atoms with Crippen molar-refractivity contribution in [3.8, 4) is 11.5 Å². The highest BCUT2D eigenvalue weighted by molar-refractivity contribution is 7.10. The lowest BCUT2D eigenvalue weighted by Gasteiger charge is -1.85. The molecule has 0 saturated heterocycles. The van der Waals surface area contributed by atoms with E-state index in [1.807, 2.05) is 5.38 Å². The van der Waals surface area contributed by atoms with E-state index in [-0.39, 0.29) is 0 Å². The van der Waals surface area contributed by atoms with E-state index in [4.69, 9.17) is 10.2 Å². The van der Waals surface area contributed by atoms with Crippen LogP contribution >= 0.6 is 11.3 Å². The van der Waals surface area contributed by atoms with E-state index >= 15 is 0 Å². The molecule has 0 bridgehead atoms. The molecule has 2 aromatic heterocycles. The van der Waals surface area contributed by atoms with Crippen LogP contribution in [-0.4, -0.2) is 4.98 Å². The van der Waals surface area contributed by atoms with Gasteiger partial charge in [0.1, 0.15) is 6.26 Å². The summed E-state index contributed by atoms with van der Waals surface area (Å²) in [4.78, 5) is 5.48. The minimum absolute atomic E-state index is 0.423. The summed E-state index contributed by atoms with van der Waals surface area (Å²) < 4.78 is 5.27. The van der Waals surface area contributed by atoms with E-state index in [9.17, 15) is 0 Å². The molecular formula is C9H10N2OS. The molecule has 0 saturated carbocycles. The fraction of sp³-hybridized carbons (Fsp3) is 0.222. The van der Waals surface area contributed by atoms with Gasteiger partial charge < -0.3 is 10.2 Å². The van der Waals surface area contributed by atoms with E-state index in [1.165, 1.54) is 4.88 Å². The molecule has 3 nitrogen and oxygen atoms in total. The zero-order valence-corrected chi connectivity index (χ0v) is 8.10. The highest BCUT2D eigenvalue weighted by atomic mass is 32.1. The molecule has 2 rings (SSSR count). The molecule has 0 atom stereocenters. The second kappa shape index (κ2) is 3.32. The highest BCUT2D eigenvalue weighted by Gasteiger charge is 2.06. The van der Waals surface area contributed by atoms with Crippen LogP contribution in [-0.2, 0) is 6.54 Å². The van der Waals surface area contributed by atoms with Crippen LogP contribution in [0.3, 0.4) is 0 Å². The first-order chi connectivity index (χ1) is 6.29. The molecule has 0 amide bonds. The van der Waals surface area contributed by atoms with Gasteiger partial charge in [-0.2, -0.15) is 0 Å². The molecule has 0 unspecified atom stereocenters. The van der Waals surface area contributed by atoms with Crippen molar-refractivity contribution in [3.63, 3.8) is 0 Å². The number of rotatable bonds is 2. The summed E-state index contributed by atoms with van der Waals surface area (Å²) >= 11 is 1.68. The van der Waals surface area contributed by atoms with Gasteiger partial charge in [-0.25, -0.2) is 4.98 Å². The lowest BCUT2D eigenvalue weighted by Crippen LogP contribution is -1.95. The molecule has 2 aromatic rings. The first-order valence-electron chi connectivity index (χ1n) is 3.99. The number of aromatic nitrogens is 1. The number of nitrogens with two attached hydrogens (primary N) is 1. The van der Waals surface area contributed by atoms with Gasteiger partial charge in [0.25, 0.3) is 0 Å². The number of aryl methyl sites for hydroxylation is 1. The van der Waals surface area contributed by atoms with Gasteiger partial charge in [-0.3, -0.25) is 0 Å². The van der Waals surface area contributed by atoms with Crippen molar-refractivity contribution in [3.05, 3.63) is 28.3 Å². The Morgan fingerprint density at radius 2 is 2.46 bits per heavy atom. The molecule has 0 radical (unpaired) electrons. The summed E-state index contributed by atoms with van der Waals surface area (Å²) in [6.45, 7) is 2.48. The van der Waals surface area contributed by atoms with Crippen molar-refractivity contribution in [2.45, 2.75) is 13.5 Å². The molecule has 2 heterocycles. The predicted molar refractivity (Wildman–Crippen MR) is 52.4 cm³/mol. The molecular weight excluding hydrogens is 184 g/mol. The van der Waals surface area contributed by atoms with Crippen molar-refractivity contribution in [1.82, 2.24) is 4.98 Å². The Hall–Kier alpha value is -1.13. The lowest BCUT2D eigenvalue weighted by molar-refractivity contribution is 0.573. The largest absolute Gasteiger partial charge is 0.444 e.